The van der Waals surface area contributed by atoms with Crippen molar-refractivity contribution in [2.75, 3.05) is 19.6 Å². The van der Waals surface area contributed by atoms with Crippen molar-refractivity contribution in [2.45, 2.75) is 44.2 Å². The van der Waals surface area contributed by atoms with E-state index in [1.54, 1.807) is 0 Å². The van der Waals surface area contributed by atoms with Crippen LogP contribution in [0.1, 0.15) is 32.1 Å². The molecule has 2 aliphatic heterocycles. The molecule has 3 aliphatic rings. The number of amides is 1. The molecule has 3 unspecified atom stereocenters. The fourth-order valence-electron chi connectivity index (χ4n) is 3.69. The van der Waals surface area contributed by atoms with Crippen molar-refractivity contribution >= 4 is 11.9 Å². The molecule has 2 heterocycles. The van der Waals surface area contributed by atoms with Crippen LogP contribution in [0.5, 0.6) is 0 Å². The third-order valence-electron chi connectivity index (χ3n) is 5.08. The molecule has 6 nitrogen and oxygen atoms in total. The maximum Gasteiger partial charge on any atom is 0.320 e. The van der Waals surface area contributed by atoms with Gasteiger partial charge in [0.15, 0.2) is 0 Å². The summed E-state index contributed by atoms with van der Waals surface area (Å²) in [5, 5.41) is 18.4. The molecular weight excluding hydrogens is 258 g/mol. The molecule has 112 valence electrons. The summed E-state index contributed by atoms with van der Waals surface area (Å²) in [6.45, 7) is 2.40. The average molecular weight is 281 g/mol. The van der Waals surface area contributed by atoms with Crippen molar-refractivity contribution in [1.29, 1.82) is 0 Å². The van der Waals surface area contributed by atoms with Crippen molar-refractivity contribution < 1.29 is 14.7 Å². The monoisotopic (exact) mass is 281 g/mol. The summed E-state index contributed by atoms with van der Waals surface area (Å²) < 4.78 is 0. The highest BCUT2D eigenvalue weighted by atomic mass is 16.4. The molecule has 3 rings (SSSR count). The van der Waals surface area contributed by atoms with E-state index in [2.05, 4.69) is 16.0 Å². The highest BCUT2D eigenvalue weighted by Crippen LogP contribution is 2.51. The van der Waals surface area contributed by atoms with E-state index < -0.39 is 12.0 Å². The second kappa shape index (κ2) is 5.33. The third-order valence-corrected chi connectivity index (χ3v) is 5.08. The molecule has 4 N–H and O–H groups in total. The zero-order chi connectivity index (χ0) is 14.2. The lowest BCUT2D eigenvalue weighted by Gasteiger charge is -2.28. The lowest BCUT2D eigenvalue weighted by molar-refractivity contribution is -0.139. The van der Waals surface area contributed by atoms with E-state index in [1.807, 2.05) is 0 Å². The number of aliphatic carboxylic acids is 1. The zero-order valence-corrected chi connectivity index (χ0v) is 11.7. The van der Waals surface area contributed by atoms with Crippen molar-refractivity contribution in [3.63, 3.8) is 0 Å². The van der Waals surface area contributed by atoms with Crippen LogP contribution in [0.2, 0.25) is 0 Å². The molecule has 6 heteroatoms. The fourth-order valence-corrected chi connectivity index (χ4v) is 3.69. The first-order valence-electron chi connectivity index (χ1n) is 7.55. The van der Waals surface area contributed by atoms with Gasteiger partial charge in [-0.3, -0.25) is 9.59 Å². The van der Waals surface area contributed by atoms with E-state index in [1.165, 1.54) is 12.8 Å². The number of carboxylic acid groups (broad SMARTS) is 1. The van der Waals surface area contributed by atoms with Gasteiger partial charge >= 0.3 is 5.97 Å². The normalized spacial score (nSPS) is 37.1. The molecular formula is C14H23N3O3. The smallest absolute Gasteiger partial charge is 0.320 e. The van der Waals surface area contributed by atoms with Crippen LogP contribution < -0.4 is 16.0 Å². The molecule has 3 atom stereocenters. The van der Waals surface area contributed by atoms with Gasteiger partial charge in [0, 0.05) is 31.0 Å². The molecule has 0 radical (unpaired) electrons. The van der Waals surface area contributed by atoms with Crippen LogP contribution in [-0.4, -0.2) is 48.7 Å². The lowest BCUT2D eigenvalue weighted by Crippen LogP contribution is -2.36. The standard InChI is InChI=1S/C14H23N3O3/c18-12-6-14(8-17-12,9-1-2-9)3-4-15-10-5-11(13(19)20)16-7-10/h9-11,15-16H,1-8H2,(H,17,18)(H,19,20). The number of carbonyl (C=O) groups is 2. The molecule has 2 saturated heterocycles. The van der Waals surface area contributed by atoms with Crippen LogP contribution in [0.15, 0.2) is 0 Å². The zero-order valence-electron chi connectivity index (χ0n) is 11.7. The number of rotatable bonds is 6. The van der Waals surface area contributed by atoms with Crippen LogP contribution in [0.25, 0.3) is 0 Å². The molecule has 0 spiro atoms. The molecule has 0 aromatic carbocycles. The second-order valence-electron chi connectivity index (χ2n) is 6.53. The summed E-state index contributed by atoms with van der Waals surface area (Å²) in [5.74, 6) is 0.122. The first-order chi connectivity index (χ1) is 9.59. The number of hydrogen-bond acceptors (Lipinski definition) is 4. The highest BCUT2D eigenvalue weighted by Gasteiger charge is 2.49. The molecule has 1 amide bonds. The molecule has 0 aromatic heterocycles. The Balaban J connectivity index is 1.45. The average Bonchev–Trinajstić information content (AvgIpc) is 3.05. The van der Waals surface area contributed by atoms with Crippen LogP contribution in [0.4, 0.5) is 0 Å². The van der Waals surface area contributed by atoms with E-state index in [0.29, 0.717) is 25.3 Å². The van der Waals surface area contributed by atoms with Gasteiger partial charge in [-0.2, -0.15) is 0 Å². The first kappa shape index (κ1) is 13.8. The minimum absolute atomic E-state index is 0.155. The first-order valence-corrected chi connectivity index (χ1v) is 7.55. The van der Waals surface area contributed by atoms with E-state index in [4.69, 9.17) is 5.11 Å². The largest absolute Gasteiger partial charge is 0.480 e. The Kier molecular flexibility index (Phi) is 3.69. The summed E-state index contributed by atoms with van der Waals surface area (Å²) in [5.41, 5.74) is 0.155. The topological polar surface area (TPSA) is 90.5 Å². The number of nitrogens with one attached hydrogen (secondary N) is 3. The van der Waals surface area contributed by atoms with Gasteiger partial charge in [0.25, 0.3) is 0 Å². The van der Waals surface area contributed by atoms with Crippen molar-refractivity contribution in [1.82, 2.24) is 16.0 Å². The van der Waals surface area contributed by atoms with Crippen LogP contribution in [-0.2, 0) is 9.59 Å². The molecule has 0 aromatic rings. The second-order valence-corrected chi connectivity index (χ2v) is 6.53. The van der Waals surface area contributed by atoms with Crippen molar-refractivity contribution in [3.8, 4) is 0 Å². The minimum Gasteiger partial charge on any atom is -0.480 e. The molecule has 0 bridgehead atoms. The van der Waals surface area contributed by atoms with Gasteiger partial charge < -0.3 is 21.1 Å². The van der Waals surface area contributed by atoms with Crippen molar-refractivity contribution in [2.24, 2.45) is 11.3 Å². The molecule has 3 fully saturated rings. The summed E-state index contributed by atoms with van der Waals surface area (Å²) in [7, 11) is 0. The van der Waals surface area contributed by atoms with Gasteiger partial charge in [-0.25, -0.2) is 0 Å². The fraction of sp³-hybridized carbons (Fsp3) is 0.857. The van der Waals surface area contributed by atoms with Gasteiger partial charge in [0.2, 0.25) is 5.91 Å². The Morgan fingerprint density at radius 1 is 1.45 bits per heavy atom. The predicted octanol–water partition coefficient (Wildman–Crippen LogP) is -0.302. The summed E-state index contributed by atoms with van der Waals surface area (Å²) >= 11 is 0. The Morgan fingerprint density at radius 3 is 2.80 bits per heavy atom. The number of carboxylic acids is 1. The van der Waals surface area contributed by atoms with E-state index in [0.717, 1.165) is 19.5 Å². The molecule has 1 aliphatic carbocycles. The Labute approximate surface area is 118 Å². The van der Waals surface area contributed by atoms with Gasteiger partial charge in [0.05, 0.1) is 0 Å². The summed E-state index contributed by atoms with van der Waals surface area (Å²) in [6.07, 6.45) is 4.82. The van der Waals surface area contributed by atoms with Gasteiger partial charge in [0.1, 0.15) is 6.04 Å². The van der Waals surface area contributed by atoms with Crippen molar-refractivity contribution in [3.05, 3.63) is 0 Å². The highest BCUT2D eigenvalue weighted by molar-refractivity contribution is 5.79. The minimum atomic E-state index is -0.769. The van der Waals surface area contributed by atoms with Crippen LogP contribution in [0.3, 0.4) is 0 Å². The molecule has 1 saturated carbocycles. The van der Waals surface area contributed by atoms with E-state index >= 15 is 0 Å². The lowest BCUT2D eigenvalue weighted by atomic mass is 9.78. The van der Waals surface area contributed by atoms with E-state index in [9.17, 15) is 9.59 Å². The van der Waals surface area contributed by atoms with Gasteiger partial charge in [-0.15, -0.1) is 0 Å². The van der Waals surface area contributed by atoms with E-state index in [-0.39, 0.29) is 17.4 Å². The van der Waals surface area contributed by atoms with Crippen LogP contribution >= 0.6 is 0 Å². The quantitative estimate of drug-likeness (QED) is 0.536. The summed E-state index contributed by atoms with van der Waals surface area (Å²) in [4.78, 5) is 22.4. The maximum atomic E-state index is 11.5. The van der Waals surface area contributed by atoms with Crippen LogP contribution in [0, 0.1) is 11.3 Å². The summed E-state index contributed by atoms with van der Waals surface area (Å²) in [6, 6.07) is -0.183. The number of hydrogen-bond donors (Lipinski definition) is 4. The Bertz CT molecular complexity index is 410. The Hall–Kier alpha value is -1.14. The SMILES string of the molecule is O=C1CC(CCNC2CNC(C(=O)O)C2)(C2CC2)CN1. The predicted molar refractivity (Wildman–Crippen MR) is 73.2 cm³/mol. The van der Waals surface area contributed by atoms with Gasteiger partial charge in [-0.1, -0.05) is 0 Å². The Morgan fingerprint density at radius 2 is 2.25 bits per heavy atom. The number of carbonyl (C=O) groups excluding carboxylic acids is 1. The molecule has 20 heavy (non-hydrogen) atoms. The third kappa shape index (κ3) is 2.81. The maximum absolute atomic E-state index is 11.5. The van der Waals surface area contributed by atoms with Gasteiger partial charge in [-0.05, 0) is 38.1 Å².